The first-order valence-corrected chi connectivity index (χ1v) is 16.7. The number of nitrogens with zero attached hydrogens (tertiary/aromatic N) is 2. The number of aliphatic hydroxyl groups excluding tert-OH is 1. The molecular formula is C43H40N4O. The molecule has 0 aliphatic carbocycles. The first kappa shape index (κ1) is 30.1. The van der Waals surface area contributed by atoms with Gasteiger partial charge in [0.15, 0.2) is 0 Å². The number of fused-ring (bicyclic) bond motifs is 10. The van der Waals surface area contributed by atoms with E-state index in [-0.39, 0.29) is 6.61 Å². The van der Waals surface area contributed by atoms with E-state index >= 15 is 0 Å². The van der Waals surface area contributed by atoms with Crippen LogP contribution in [0.1, 0.15) is 78.3 Å². The molecule has 5 heterocycles. The Kier molecular flexibility index (Phi) is 6.83. The molecule has 0 fully saturated rings. The number of hydrogen-bond donors (Lipinski definition) is 3. The highest BCUT2D eigenvalue weighted by atomic mass is 16.3. The summed E-state index contributed by atoms with van der Waals surface area (Å²) in [4.78, 5) is 18.1. The third kappa shape index (κ3) is 4.49. The molecule has 0 spiro atoms. The second kappa shape index (κ2) is 10.9. The van der Waals surface area contributed by atoms with E-state index in [2.05, 4.69) is 132 Å². The molecule has 0 unspecified atom stereocenters. The Morgan fingerprint density at radius 1 is 0.521 bits per heavy atom. The minimum Gasteiger partial charge on any atom is -0.392 e. The van der Waals surface area contributed by atoms with Gasteiger partial charge in [-0.1, -0.05) is 24.3 Å². The van der Waals surface area contributed by atoms with Gasteiger partial charge in [-0.15, -0.1) is 0 Å². The van der Waals surface area contributed by atoms with Crippen molar-refractivity contribution in [3.8, 4) is 11.1 Å². The summed E-state index contributed by atoms with van der Waals surface area (Å²) in [5.41, 5.74) is 20.2. The van der Waals surface area contributed by atoms with Crippen LogP contribution in [0.4, 0.5) is 0 Å². The van der Waals surface area contributed by atoms with Gasteiger partial charge in [0.2, 0.25) is 0 Å². The SMILES string of the molecule is CC1=C(C)c2cc3[nH]c(c(C)c3C)c(-c3cc4cc5ccccc5cc4cc3CO)c3nc(cc4[nH]c(cc1n2)c(C)c4C)C(C)=C3C. The Hall–Kier alpha value is -5.26. The molecular weight excluding hydrogens is 589 g/mol. The van der Waals surface area contributed by atoms with E-state index in [1.165, 1.54) is 38.6 Å². The van der Waals surface area contributed by atoms with Gasteiger partial charge in [0.25, 0.3) is 0 Å². The van der Waals surface area contributed by atoms with E-state index in [0.717, 1.165) is 89.0 Å². The van der Waals surface area contributed by atoms with Crippen molar-refractivity contribution in [2.24, 2.45) is 0 Å². The number of allylic oxidation sites excluding steroid dienone is 4. The number of nitrogens with one attached hydrogen (secondary N) is 2. The Morgan fingerprint density at radius 3 is 1.60 bits per heavy atom. The molecule has 5 nitrogen and oxygen atoms in total. The monoisotopic (exact) mass is 628 g/mol. The number of aromatic amines is 2. The molecule has 3 N–H and O–H groups in total. The van der Waals surface area contributed by atoms with Crippen LogP contribution in [-0.2, 0) is 6.61 Å². The van der Waals surface area contributed by atoms with Gasteiger partial charge in [0.1, 0.15) is 0 Å². The summed E-state index contributed by atoms with van der Waals surface area (Å²) < 4.78 is 0. The van der Waals surface area contributed by atoms with Crippen molar-refractivity contribution in [2.75, 3.05) is 0 Å². The molecule has 8 rings (SSSR count). The third-order valence-electron chi connectivity index (χ3n) is 11.0. The fourth-order valence-corrected chi connectivity index (χ4v) is 7.33. The van der Waals surface area contributed by atoms with Gasteiger partial charge in [0.05, 0.1) is 34.9 Å². The lowest BCUT2D eigenvalue weighted by molar-refractivity contribution is 0.282. The van der Waals surface area contributed by atoms with E-state index in [0.29, 0.717) is 0 Å². The molecule has 8 bridgehead atoms. The maximum Gasteiger partial charge on any atom is 0.0769 e. The molecule has 2 aliphatic heterocycles. The molecule has 3 aromatic carbocycles. The van der Waals surface area contributed by atoms with Gasteiger partial charge in [0, 0.05) is 22.1 Å². The molecule has 0 saturated heterocycles. The average molecular weight is 629 g/mol. The molecule has 0 amide bonds. The minimum atomic E-state index is -0.0874. The maximum atomic E-state index is 10.9. The molecule has 5 heteroatoms. The van der Waals surface area contributed by atoms with Crippen molar-refractivity contribution >= 4 is 65.9 Å². The van der Waals surface area contributed by atoms with Gasteiger partial charge in [-0.05, 0) is 175 Å². The number of aromatic nitrogens is 4. The number of benzene rings is 3. The van der Waals surface area contributed by atoms with Gasteiger partial charge < -0.3 is 15.1 Å². The zero-order chi connectivity index (χ0) is 33.6. The minimum absolute atomic E-state index is 0.0874. The van der Waals surface area contributed by atoms with Crippen molar-refractivity contribution in [2.45, 2.75) is 62.0 Å². The van der Waals surface area contributed by atoms with Gasteiger partial charge in [-0.3, -0.25) is 0 Å². The van der Waals surface area contributed by atoms with E-state index in [1.54, 1.807) is 0 Å². The molecule has 6 aromatic rings. The molecule has 2 aliphatic rings. The van der Waals surface area contributed by atoms with Gasteiger partial charge >= 0.3 is 0 Å². The maximum absolute atomic E-state index is 10.9. The predicted molar refractivity (Wildman–Crippen MR) is 203 cm³/mol. The normalized spacial score (nSPS) is 13.4. The zero-order valence-corrected chi connectivity index (χ0v) is 28.9. The predicted octanol–water partition coefficient (Wildman–Crippen LogP) is 10.9. The van der Waals surface area contributed by atoms with Gasteiger partial charge in [-0.25, -0.2) is 9.97 Å². The van der Waals surface area contributed by atoms with Crippen molar-refractivity contribution in [3.05, 3.63) is 117 Å². The lowest BCUT2D eigenvalue weighted by atomic mass is 9.91. The fourth-order valence-electron chi connectivity index (χ4n) is 7.33. The number of H-pyrrole nitrogens is 2. The van der Waals surface area contributed by atoms with Crippen molar-refractivity contribution < 1.29 is 5.11 Å². The Labute approximate surface area is 280 Å². The Bertz CT molecular complexity index is 2630. The number of aliphatic hydroxyl groups is 1. The molecule has 0 atom stereocenters. The zero-order valence-electron chi connectivity index (χ0n) is 28.9. The van der Waals surface area contributed by atoms with Crippen LogP contribution in [0.2, 0.25) is 0 Å². The summed E-state index contributed by atoms with van der Waals surface area (Å²) in [6, 6.07) is 23.8. The highest BCUT2D eigenvalue weighted by Gasteiger charge is 2.23. The van der Waals surface area contributed by atoms with E-state index in [1.807, 2.05) is 0 Å². The van der Waals surface area contributed by atoms with E-state index in [4.69, 9.17) is 9.97 Å². The topological polar surface area (TPSA) is 77.6 Å². The van der Waals surface area contributed by atoms with Gasteiger partial charge in [-0.2, -0.15) is 0 Å². The summed E-state index contributed by atoms with van der Waals surface area (Å²) in [6.07, 6.45) is 0. The van der Waals surface area contributed by atoms with Crippen LogP contribution in [0.25, 0.3) is 77.0 Å². The molecule has 0 saturated carbocycles. The smallest absolute Gasteiger partial charge is 0.0769 e. The lowest BCUT2D eigenvalue weighted by Crippen LogP contribution is -1.95. The fraction of sp³-hybridized carbons (Fsp3) is 0.209. The third-order valence-corrected chi connectivity index (χ3v) is 11.0. The van der Waals surface area contributed by atoms with Crippen LogP contribution >= 0.6 is 0 Å². The molecule has 238 valence electrons. The van der Waals surface area contributed by atoms with Crippen LogP contribution < -0.4 is 0 Å². The summed E-state index contributed by atoms with van der Waals surface area (Å²) in [5, 5.41) is 15.5. The lowest BCUT2D eigenvalue weighted by Gasteiger charge is -2.14. The van der Waals surface area contributed by atoms with Crippen molar-refractivity contribution in [3.63, 3.8) is 0 Å². The highest BCUT2D eigenvalue weighted by molar-refractivity contribution is 6.05. The number of hydrogen-bond acceptors (Lipinski definition) is 3. The first-order valence-electron chi connectivity index (χ1n) is 16.7. The largest absolute Gasteiger partial charge is 0.392 e. The summed E-state index contributed by atoms with van der Waals surface area (Å²) in [7, 11) is 0. The second-order valence-electron chi connectivity index (χ2n) is 13.6. The van der Waals surface area contributed by atoms with Crippen molar-refractivity contribution in [1.82, 2.24) is 19.9 Å². The summed E-state index contributed by atoms with van der Waals surface area (Å²) in [6.45, 7) is 17.2. The number of aryl methyl sites for hydroxylation is 4. The summed E-state index contributed by atoms with van der Waals surface area (Å²) >= 11 is 0. The van der Waals surface area contributed by atoms with E-state index < -0.39 is 0 Å². The Morgan fingerprint density at radius 2 is 1.02 bits per heavy atom. The van der Waals surface area contributed by atoms with Crippen LogP contribution in [0.3, 0.4) is 0 Å². The van der Waals surface area contributed by atoms with E-state index in [9.17, 15) is 5.11 Å². The standard InChI is InChI=1S/C43H40N4O/c1-21-23(3)37-18-39-25(5)27(7)42(46-39)41(34-16-32-14-30-12-10-9-11-29(30)13-31(32)15-33(34)20-48)43-28(8)26(6)40(47-43)19-38-24(4)22(2)36(45-38)17-35(21)44-37/h9-19,44,47-48H,20H2,1-8H3. The molecule has 48 heavy (non-hydrogen) atoms. The summed E-state index contributed by atoms with van der Waals surface area (Å²) in [5.74, 6) is 0. The second-order valence-corrected chi connectivity index (χ2v) is 13.6. The van der Waals surface area contributed by atoms with Crippen LogP contribution in [0.15, 0.2) is 66.7 Å². The van der Waals surface area contributed by atoms with Crippen LogP contribution in [0, 0.1) is 27.7 Å². The van der Waals surface area contributed by atoms with Crippen molar-refractivity contribution in [1.29, 1.82) is 0 Å². The average Bonchev–Trinajstić information content (AvgIpc) is 3.71. The van der Waals surface area contributed by atoms with Crippen LogP contribution in [-0.4, -0.2) is 25.0 Å². The first-order chi connectivity index (χ1) is 23.0. The Balaban J connectivity index is 1.58. The van der Waals surface area contributed by atoms with Crippen LogP contribution in [0.5, 0.6) is 0 Å². The molecule has 0 radical (unpaired) electrons. The number of rotatable bonds is 2. The highest BCUT2D eigenvalue weighted by Crippen LogP contribution is 2.42. The quantitative estimate of drug-likeness (QED) is 0.167. The molecule has 3 aromatic heterocycles.